The molecule has 1 N–H and O–H groups in total. The largest absolute Gasteiger partial charge is 0.467 e. The molecule has 1 atom stereocenters. The standard InChI is InChI=1S/C16H23NO2S/c1-12-10-16(14(3)20-12)13(2)17-7-5-8-18-11-15-6-4-9-19-15/h4,6,9-10,13,17H,5,7-8,11H2,1-3H3. The van der Waals surface area contributed by atoms with Crippen LogP contribution in [0.4, 0.5) is 0 Å². The number of hydrogen-bond acceptors (Lipinski definition) is 4. The van der Waals surface area contributed by atoms with Crippen LogP contribution in [0.3, 0.4) is 0 Å². The van der Waals surface area contributed by atoms with E-state index < -0.39 is 0 Å². The molecule has 20 heavy (non-hydrogen) atoms. The van der Waals surface area contributed by atoms with Gasteiger partial charge in [-0.15, -0.1) is 11.3 Å². The van der Waals surface area contributed by atoms with Crippen LogP contribution in [0.15, 0.2) is 28.9 Å². The Kier molecular flexibility index (Phi) is 5.83. The highest BCUT2D eigenvalue weighted by atomic mass is 32.1. The third-order valence-electron chi connectivity index (χ3n) is 3.29. The molecule has 0 aromatic carbocycles. The minimum Gasteiger partial charge on any atom is -0.467 e. The summed E-state index contributed by atoms with van der Waals surface area (Å²) >= 11 is 1.87. The molecule has 4 heteroatoms. The quantitative estimate of drug-likeness (QED) is 0.740. The molecule has 2 aromatic rings. The zero-order valence-corrected chi connectivity index (χ0v) is 13.3. The Balaban J connectivity index is 1.60. The van der Waals surface area contributed by atoms with Gasteiger partial charge in [-0.3, -0.25) is 0 Å². The average Bonchev–Trinajstić information content (AvgIpc) is 3.03. The molecule has 0 bridgehead atoms. The van der Waals surface area contributed by atoms with Crippen LogP contribution in [0.1, 0.15) is 40.5 Å². The normalized spacial score (nSPS) is 12.8. The van der Waals surface area contributed by atoms with E-state index >= 15 is 0 Å². The van der Waals surface area contributed by atoms with Crippen LogP contribution in [-0.2, 0) is 11.3 Å². The molecular weight excluding hydrogens is 270 g/mol. The monoisotopic (exact) mass is 293 g/mol. The summed E-state index contributed by atoms with van der Waals surface area (Å²) in [6, 6.07) is 6.50. The van der Waals surface area contributed by atoms with Crippen molar-refractivity contribution in [1.29, 1.82) is 0 Å². The van der Waals surface area contributed by atoms with Gasteiger partial charge in [0.05, 0.1) is 6.26 Å². The fraction of sp³-hybridized carbons (Fsp3) is 0.500. The topological polar surface area (TPSA) is 34.4 Å². The molecule has 0 aliphatic carbocycles. The van der Waals surface area contributed by atoms with E-state index in [2.05, 4.69) is 32.2 Å². The molecule has 2 rings (SSSR count). The van der Waals surface area contributed by atoms with E-state index in [1.807, 2.05) is 23.5 Å². The van der Waals surface area contributed by atoms with E-state index in [1.54, 1.807) is 6.26 Å². The summed E-state index contributed by atoms with van der Waals surface area (Å²) < 4.78 is 10.8. The van der Waals surface area contributed by atoms with Gasteiger partial charge in [0.15, 0.2) is 0 Å². The summed E-state index contributed by atoms with van der Waals surface area (Å²) in [7, 11) is 0. The maximum Gasteiger partial charge on any atom is 0.129 e. The second kappa shape index (κ2) is 7.62. The predicted octanol–water partition coefficient (Wildman–Crippen LogP) is 4.22. The Labute approximate surface area is 125 Å². The lowest BCUT2D eigenvalue weighted by Crippen LogP contribution is -2.21. The van der Waals surface area contributed by atoms with Gasteiger partial charge in [0.1, 0.15) is 12.4 Å². The smallest absolute Gasteiger partial charge is 0.129 e. The van der Waals surface area contributed by atoms with Crippen LogP contribution < -0.4 is 5.32 Å². The Hall–Kier alpha value is -1.10. The van der Waals surface area contributed by atoms with Crippen LogP contribution in [0, 0.1) is 13.8 Å². The van der Waals surface area contributed by atoms with Crippen molar-refractivity contribution < 1.29 is 9.15 Å². The van der Waals surface area contributed by atoms with Gasteiger partial charge < -0.3 is 14.5 Å². The highest BCUT2D eigenvalue weighted by molar-refractivity contribution is 7.12. The van der Waals surface area contributed by atoms with Crippen LogP contribution in [0.5, 0.6) is 0 Å². The first kappa shape index (κ1) is 15.3. The summed E-state index contributed by atoms with van der Waals surface area (Å²) in [6.07, 6.45) is 2.68. The van der Waals surface area contributed by atoms with E-state index in [4.69, 9.17) is 9.15 Å². The van der Waals surface area contributed by atoms with Crippen molar-refractivity contribution in [2.45, 2.75) is 39.8 Å². The SMILES string of the molecule is Cc1cc(C(C)NCCCOCc2ccco2)c(C)s1. The summed E-state index contributed by atoms with van der Waals surface area (Å²) in [5.41, 5.74) is 1.42. The summed E-state index contributed by atoms with van der Waals surface area (Å²) in [5.74, 6) is 0.885. The highest BCUT2D eigenvalue weighted by Gasteiger charge is 2.10. The Morgan fingerprint density at radius 1 is 1.40 bits per heavy atom. The molecule has 0 fully saturated rings. The average molecular weight is 293 g/mol. The molecule has 2 aromatic heterocycles. The van der Waals surface area contributed by atoms with Crippen LogP contribution in [0.25, 0.3) is 0 Å². The van der Waals surface area contributed by atoms with Gasteiger partial charge in [-0.2, -0.15) is 0 Å². The number of rotatable bonds is 8. The number of ether oxygens (including phenoxy) is 1. The second-order valence-electron chi connectivity index (χ2n) is 5.03. The third kappa shape index (κ3) is 4.47. The fourth-order valence-electron chi connectivity index (χ4n) is 2.25. The number of hydrogen-bond donors (Lipinski definition) is 1. The molecule has 1 unspecified atom stereocenters. The van der Waals surface area contributed by atoms with E-state index in [9.17, 15) is 0 Å². The fourth-order valence-corrected chi connectivity index (χ4v) is 3.27. The zero-order valence-electron chi connectivity index (χ0n) is 12.4. The minimum atomic E-state index is 0.407. The van der Waals surface area contributed by atoms with Gasteiger partial charge in [-0.1, -0.05) is 0 Å². The molecule has 0 aliphatic rings. The van der Waals surface area contributed by atoms with Gasteiger partial charge in [-0.05, 0) is 57.5 Å². The first-order valence-electron chi connectivity index (χ1n) is 7.07. The molecule has 0 saturated carbocycles. The van der Waals surface area contributed by atoms with E-state index in [1.165, 1.54) is 15.3 Å². The first-order chi connectivity index (χ1) is 9.66. The minimum absolute atomic E-state index is 0.407. The van der Waals surface area contributed by atoms with Crippen molar-refractivity contribution in [2.24, 2.45) is 0 Å². The maximum absolute atomic E-state index is 5.56. The Morgan fingerprint density at radius 2 is 2.25 bits per heavy atom. The lowest BCUT2D eigenvalue weighted by molar-refractivity contribution is 0.104. The van der Waals surface area contributed by atoms with Gasteiger partial charge in [-0.25, -0.2) is 0 Å². The van der Waals surface area contributed by atoms with Crippen molar-refractivity contribution in [3.05, 3.63) is 45.5 Å². The predicted molar refractivity (Wildman–Crippen MR) is 83.2 cm³/mol. The Morgan fingerprint density at radius 3 is 2.90 bits per heavy atom. The summed E-state index contributed by atoms with van der Waals surface area (Å²) in [5, 5.41) is 3.55. The Bertz CT molecular complexity index is 505. The van der Waals surface area contributed by atoms with Crippen LogP contribution in [-0.4, -0.2) is 13.2 Å². The van der Waals surface area contributed by atoms with Crippen LogP contribution in [0.2, 0.25) is 0 Å². The van der Waals surface area contributed by atoms with Crippen molar-refractivity contribution in [3.63, 3.8) is 0 Å². The molecule has 0 saturated heterocycles. The molecular formula is C16H23NO2S. The molecule has 3 nitrogen and oxygen atoms in total. The molecule has 0 spiro atoms. The third-order valence-corrected chi connectivity index (χ3v) is 4.27. The lowest BCUT2D eigenvalue weighted by atomic mass is 10.1. The molecule has 0 radical (unpaired) electrons. The molecule has 2 heterocycles. The highest BCUT2D eigenvalue weighted by Crippen LogP contribution is 2.25. The van der Waals surface area contributed by atoms with Crippen LogP contribution >= 0.6 is 11.3 Å². The number of thiophene rings is 1. The number of aryl methyl sites for hydroxylation is 2. The van der Waals surface area contributed by atoms with E-state index in [0.717, 1.165) is 25.3 Å². The maximum atomic E-state index is 5.56. The second-order valence-corrected chi connectivity index (χ2v) is 6.49. The van der Waals surface area contributed by atoms with E-state index in [0.29, 0.717) is 12.6 Å². The molecule has 110 valence electrons. The number of furan rings is 1. The summed E-state index contributed by atoms with van der Waals surface area (Å²) in [6.45, 7) is 8.85. The van der Waals surface area contributed by atoms with Crippen molar-refractivity contribution in [3.8, 4) is 0 Å². The van der Waals surface area contributed by atoms with Gasteiger partial charge in [0.25, 0.3) is 0 Å². The van der Waals surface area contributed by atoms with Crippen molar-refractivity contribution in [2.75, 3.05) is 13.2 Å². The molecule has 0 aliphatic heterocycles. The molecule has 0 amide bonds. The summed E-state index contributed by atoms with van der Waals surface area (Å²) in [4.78, 5) is 2.80. The number of nitrogens with one attached hydrogen (secondary N) is 1. The van der Waals surface area contributed by atoms with Gasteiger partial charge in [0.2, 0.25) is 0 Å². The van der Waals surface area contributed by atoms with Crippen molar-refractivity contribution >= 4 is 11.3 Å². The lowest BCUT2D eigenvalue weighted by Gasteiger charge is -2.13. The van der Waals surface area contributed by atoms with Crippen molar-refractivity contribution in [1.82, 2.24) is 5.32 Å². The van der Waals surface area contributed by atoms with Gasteiger partial charge in [0, 0.05) is 22.4 Å². The van der Waals surface area contributed by atoms with E-state index in [-0.39, 0.29) is 0 Å². The first-order valence-corrected chi connectivity index (χ1v) is 7.89. The van der Waals surface area contributed by atoms with Gasteiger partial charge >= 0.3 is 0 Å². The zero-order chi connectivity index (χ0) is 14.4.